The summed E-state index contributed by atoms with van der Waals surface area (Å²) in [5, 5.41) is 3.00. The van der Waals surface area contributed by atoms with E-state index in [-0.39, 0.29) is 18.1 Å². The van der Waals surface area contributed by atoms with E-state index in [1.807, 2.05) is 0 Å². The molecule has 0 fully saturated rings. The van der Waals surface area contributed by atoms with Gasteiger partial charge in [-0.3, -0.25) is 0 Å². The fourth-order valence-electron chi connectivity index (χ4n) is 12.8. The van der Waals surface area contributed by atoms with Crippen LogP contribution in [-0.2, 0) is 27.2 Å². The third-order valence-corrected chi connectivity index (χ3v) is 38.8. The van der Waals surface area contributed by atoms with Gasteiger partial charge >= 0.3 is 425 Å². The molecule has 4 heteroatoms. The molecule has 0 spiro atoms. The van der Waals surface area contributed by atoms with Crippen molar-refractivity contribution in [3.8, 4) is 33.4 Å². The molecule has 0 aromatic heterocycles. The standard InChI is InChI=1S/2C26H33.C12H9Si.2ClH.Zr/c2*1-7-8-11-19-16-20-14-15-24(26(4,5)6)25(23(20)17-19)22-13-10-9-12-21(22)18(2)3;1-3-7-11-9(5-1)10-6-2-4-8-12(10)13-11;;;/h2*9-10,12-18H,7-8,11H2,1-6H3;1-7H,13H2;2*1H;/q;;;;;+2/p-2. The average Bonchev–Trinajstić information content (AvgIpc) is 4.01. The first-order valence-corrected chi connectivity index (χ1v) is 37.8. The van der Waals surface area contributed by atoms with E-state index >= 15 is 0 Å². The van der Waals surface area contributed by atoms with Gasteiger partial charge in [0, 0.05) is 0 Å². The van der Waals surface area contributed by atoms with E-state index in [2.05, 4.69) is 210 Å². The van der Waals surface area contributed by atoms with Gasteiger partial charge in [0.1, 0.15) is 0 Å². The minimum absolute atomic E-state index is 0.0879. The molecule has 0 bridgehead atoms. The number of allylic oxidation sites excluding steroid dienone is 2. The summed E-state index contributed by atoms with van der Waals surface area (Å²) in [6.45, 7) is 28.4. The van der Waals surface area contributed by atoms with Gasteiger partial charge in [0.2, 0.25) is 0 Å². The molecule has 2 aliphatic carbocycles. The molecule has 1 aliphatic heterocycles. The Morgan fingerprint density at radius 2 is 0.941 bits per heavy atom. The number of rotatable bonds is 13. The van der Waals surface area contributed by atoms with Crippen LogP contribution >= 0.6 is 17.0 Å². The SMILES string of the molecule is CCCCC1=Cc2c(ccc(C(C)(C)C)c2-c2ccccc2C(C)C)[CH]1[Zr]([Cl])([Cl])([c]1cccc2c1[SiH2]c1ccccc1-2)[CH]1C(CCCC)=Cc2c1ccc(C(C)(C)C)c2-c1ccccc1C(C)C. The molecule has 6 aromatic rings. The van der Waals surface area contributed by atoms with Crippen LogP contribution in [-0.4, -0.2) is 9.52 Å². The van der Waals surface area contributed by atoms with Crippen LogP contribution in [0.4, 0.5) is 0 Å². The normalized spacial score (nSPS) is 17.5. The van der Waals surface area contributed by atoms with Crippen LogP contribution in [0.1, 0.15) is 185 Å². The summed E-state index contributed by atoms with van der Waals surface area (Å²) in [5.41, 5.74) is 21.9. The minimum atomic E-state index is -5.82. The Morgan fingerprint density at radius 3 is 1.38 bits per heavy atom. The van der Waals surface area contributed by atoms with Gasteiger partial charge in [-0.05, 0) is 0 Å². The Hall–Kier alpha value is -3.52. The fraction of sp³-hybridized carbons (Fsp3) is 0.375. The van der Waals surface area contributed by atoms with E-state index in [1.165, 1.54) is 103 Å². The van der Waals surface area contributed by atoms with Gasteiger partial charge in [0.25, 0.3) is 0 Å². The summed E-state index contributed by atoms with van der Waals surface area (Å²) in [7, 11) is 18.5. The summed E-state index contributed by atoms with van der Waals surface area (Å²) in [4.78, 5) is 0. The van der Waals surface area contributed by atoms with Crippen LogP contribution in [0.2, 0.25) is 0 Å². The van der Waals surface area contributed by atoms with Gasteiger partial charge in [-0.2, -0.15) is 0 Å². The van der Waals surface area contributed by atoms with E-state index in [9.17, 15) is 17.0 Å². The molecule has 68 heavy (non-hydrogen) atoms. The van der Waals surface area contributed by atoms with Crippen molar-refractivity contribution in [3.05, 3.63) is 171 Å². The van der Waals surface area contributed by atoms with Crippen molar-refractivity contribution in [1.29, 1.82) is 0 Å². The van der Waals surface area contributed by atoms with Crippen molar-refractivity contribution in [2.24, 2.45) is 0 Å². The van der Waals surface area contributed by atoms with E-state index in [1.54, 1.807) is 0 Å². The van der Waals surface area contributed by atoms with E-state index in [0.717, 1.165) is 38.5 Å². The van der Waals surface area contributed by atoms with Crippen molar-refractivity contribution in [1.82, 2.24) is 0 Å². The Labute approximate surface area is 421 Å². The van der Waals surface area contributed by atoms with Crippen molar-refractivity contribution in [2.45, 2.75) is 152 Å². The molecule has 0 amide bonds. The molecular weight excluding hydrogens is 959 g/mol. The molecule has 9 rings (SSSR count). The van der Waals surface area contributed by atoms with Crippen LogP contribution < -0.4 is 13.6 Å². The monoisotopic (exact) mass is 1030 g/mol. The van der Waals surface area contributed by atoms with Gasteiger partial charge in [-0.25, -0.2) is 0 Å². The van der Waals surface area contributed by atoms with Gasteiger partial charge in [0.15, 0.2) is 0 Å². The predicted octanol–water partition coefficient (Wildman–Crippen LogP) is 17.2. The number of fused-ring (bicyclic) bond motifs is 5. The summed E-state index contributed by atoms with van der Waals surface area (Å²) >= 11 is -5.82. The molecule has 0 saturated heterocycles. The maximum absolute atomic E-state index is 9.70. The molecule has 353 valence electrons. The summed E-state index contributed by atoms with van der Waals surface area (Å²) < 4.78 is 1.10. The van der Waals surface area contributed by atoms with E-state index < -0.39 is 25.9 Å². The van der Waals surface area contributed by atoms with Crippen molar-refractivity contribution in [2.75, 3.05) is 0 Å². The molecule has 0 nitrogen and oxygen atoms in total. The molecular formula is C64H75Cl2SiZr. The second-order valence-electron chi connectivity index (χ2n) is 23.3. The second kappa shape index (κ2) is 18.6. The molecule has 0 saturated carbocycles. The van der Waals surface area contributed by atoms with Crippen molar-refractivity contribution >= 4 is 52.3 Å². The third-order valence-electron chi connectivity index (χ3n) is 16.0. The molecule has 2 atom stereocenters. The quantitative estimate of drug-likeness (QED) is 0.101. The Kier molecular flexibility index (Phi) is 13.5. The van der Waals surface area contributed by atoms with Gasteiger partial charge in [-0.1, -0.05) is 0 Å². The van der Waals surface area contributed by atoms with Crippen LogP contribution in [0.3, 0.4) is 0 Å². The van der Waals surface area contributed by atoms with Crippen molar-refractivity contribution in [3.63, 3.8) is 0 Å². The van der Waals surface area contributed by atoms with Gasteiger partial charge in [0.05, 0.1) is 0 Å². The van der Waals surface area contributed by atoms with Crippen LogP contribution in [0, 0.1) is 0 Å². The first-order valence-electron chi connectivity index (χ1n) is 26.0. The van der Waals surface area contributed by atoms with Gasteiger partial charge < -0.3 is 0 Å². The predicted molar refractivity (Wildman–Crippen MR) is 301 cm³/mol. The zero-order valence-corrected chi connectivity index (χ0v) is 48.5. The number of hydrogen-bond donors (Lipinski definition) is 0. The fourth-order valence-corrected chi connectivity index (χ4v) is 40.8. The summed E-state index contributed by atoms with van der Waals surface area (Å²) in [6.07, 6.45) is 11.6. The molecule has 3 aliphatic rings. The number of benzene rings is 6. The second-order valence-corrected chi connectivity index (χ2v) is 45.7. The Bertz CT molecular complexity index is 2830. The summed E-state index contributed by atoms with van der Waals surface area (Å²) in [5.74, 6) is 0.739. The van der Waals surface area contributed by atoms with Crippen LogP contribution in [0.15, 0.2) is 126 Å². The summed E-state index contributed by atoms with van der Waals surface area (Å²) in [6, 6.07) is 44.7. The number of halogens is 2. The van der Waals surface area contributed by atoms with Crippen LogP contribution in [0.25, 0.3) is 45.5 Å². The van der Waals surface area contributed by atoms with Crippen LogP contribution in [0.5, 0.6) is 0 Å². The third kappa shape index (κ3) is 8.22. The Morgan fingerprint density at radius 1 is 0.515 bits per heavy atom. The van der Waals surface area contributed by atoms with Gasteiger partial charge in [-0.15, -0.1) is 0 Å². The molecule has 0 N–H and O–H groups in total. The number of unbranched alkanes of at least 4 members (excludes halogenated alkanes) is 2. The molecule has 0 radical (unpaired) electrons. The number of hydrogen-bond acceptors (Lipinski definition) is 0. The molecule has 1 heterocycles. The van der Waals surface area contributed by atoms with Crippen molar-refractivity contribution < 1.29 is 16.4 Å². The maximum atomic E-state index is 9.70. The Balaban J connectivity index is 1.44. The molecule has 6 aromatic carbocycles. The molecule has 2 unspecified atom stereocenters. The van der Waals surface area contributed by atoms with E-state index in [4.69, 9.17) is 0 Å². The first kappa shape index (κ1) is 49.5. The average molecular weight is 1030 g/mol. The first-order chi connectivity index (χ1) is 32.3. The zero-order chi connectivity index (χ0) is 48.5. The zero-order valence-electron chi connectivity index (χ0n) is 43.1. The topological polar surface area (TPSA) is 0 Å². The van der Waals surface area contributed by atoms with E-state index in [0.29, 0.717) is 11.8 Å².